The Hall–Kier alpha value is -1.76. The predicted octanol–water partition coefficient (Wildman–Crippen LogP) is 1.70. The first-order chi connectivity index (χ1) is 8.80. The van der Waals surface area contributed by atoms with Gasteiger partial charge in [-0.3, -0.25) is 5.10 Å². The van der Waals surface area contributed by atoms with Crippen molar-refractivity contribution in [2.45, 2.75) is 31.8 Å². The van der Waals surface area contributed by atoms with Crippen LogP contribution in [0, 0.1) is 6.92 Å². The minimum atomic E-state index is -3.42. The molecule has 6 nitrogen and oxygen atoms in total. The van der Waals surface area contributed by atoms with Crippen LogP contribution in [0.15, 0.2) is 17.6 Å². The van der Waals surface area contributed by atoms with Crippen molar-refractivity contribution in [2.75, 3.05) is 6.26 Å². The van der Waals surface area contributed by atoms with Gasteiger partial charge < -0.3 is 0 Å². The third-order valence-electron chi connectivity index (χ3n) is 2.78. The van der Waals surface area contributed by atoms with Gasteiger partial charge in [0, 0.05) is 23.7 Å². The van der Waals surface area contributed by atoms with Gasteiger partial charge >= 0.3 is 0 Å². The number of hydrogen-bond donors (Lipinski definition) is 1. The first kappa shape index (κ1) is 13.7. The van der Waals surface area contributed by atoms with Gasteiger partial charge in [0.15, 0.2) is 0 Å². The molecule has 7 heteroatoms. The van der Waals surface area contributed by atoms with Gasteiger partial charge in [0.1, 0.15) is 0 Å². The van der Waals surface area contributed by atoms with E-state index in [1.165, 1.54) is 6.20 Å². The van der Waals surface area contributed by atoms with Gasteiger partial charge in [0.2, 0.25) is 15.0 Å². The largest absolute Gasteiger partial charge is 0.282 e. The van der Waals surface area contributed by atoms with Crippen molar-refractivity contribution in [3.63, 3.8) is 0 Å². The molecule has 0 saturated carbocycles. The first-order valence-electron chi connectivity index (χ1n) is 5.88. The van der Waals surface area contributed by atoms with Crippen LogP contribution < -0.4 is 0 Å². The number of aromatic nitrogens is 4. The van der Waals surface area contributed by atoms with E-state index in [1.54, 1.807) is 6.20 Å². The standard InChI is InChI=1S/C12H16N4O2S/c1-7(2)10-9(6-14-16-10)11-8(3)5-13-12(15-11)19(4,17)18/h5-7H,1-4H3,(H,14,16). The SMILES string of the molecule is Cc1cnc(S(C)(=O)=O)nc1-c1cn[nH]c1C(C)C. The molecular formula is C12H16N4O2S. The number of hydrogen-bond acceptors (Lipinski definition) is 5. The number of rotatable bonds is 3. The third kappa shape index (κ3) is 2.65. The summed E-state index contributed by atoms with van der Waals surface area (Å²) in [6, 6.07) is 0. The Morgan fingerprint density at radius 3 is 2.53 bits per heavy atom. The van der Waals surface area contributed by atoms with E-state index in [9.17, 15) is 8.42 Å². The number of sulfone groups is 1. The monoisotopic (exact) mass is 280 g/mol. The molecule has 19 heavy (non-hydrogen) atoms. The van der Waals surface area contributed by atoms with Gasteiger partial charge in [0.25, 0.3) is 0 Å². The lowest BCUT2D eigenvalue weighted by Crippen LogP contribution is -2.06. The summed E-state index contributed by atoms with van der Waals surface area (Å²) in [6.07, 6.45) is 4.28. The van der Waals surface area contributed by atoms with E-state index in [1.807, 2.05) is 20.8 Å². The highest BCUT2D eigenvalue weighted by Crippen LogP contribution is 2.28. The van der Waals surface area contributed by atoms with Crippen LogP contribution in [0.25, 0.3) is 11.3 Å². The van der Waals surface area contributed by atoms with Crippen molar-refractivity contribution in [1.82, 2.24) is 20.2 Å². The summed E-state index contributed by atoms with van der Waals surface area (Å²) in [5.74, 6) is 0.244. The lowest BCUT2D eigenvalue weighted by molar-refractivity contribution is 0.593. The van der Waals surface area contributed by atoms with Crippen molar-refractivity contribution in [3.05, 3.63) is 23.7 Å². The molecule has 1 N–H and O–H groups in total. The lowest BCUT2D eigenvalue weighted by atomic mass is 10.0. The minimum absolute atomic E-state index is 0.163. The Bertz CT molecular complexity index is 704. The molecule has 0 fully saturated rings. The molecule has 0 aliphatic heterocycles. The smallest absolute Gasteiger partial charge is 0.247 e. The highest BCUT2D eigenvalue weighted by molar-refractivity contribution is 7.90. The fraction of sp³-hybridized carbons (Fsp3) is 0.417. The summed E-state index contributed by atoms with van der Waals surface area (Å²) >= 11 is 0. The van der Waals surface area contributed by atoms with E-state index >= 15 is 0 Å². The number of nitrogens with one attached hydrogen (secondary N) is 1. The maximum absolute atomic E-state index is 11.5. The van der Waals surface area contributed by atoms with Crippen LogP contribution >= 0.6 is 0 Å². The van der Waals surface area contributed by atoms with Crippen LogP contribution in [-0.2, 0) is 9.84 Å². The van der Waals surface area contributed by atoms with Crippen LogP contribution in [0.3, 0.4) is 0 Å². The Labute approximate surface area is 112 Å². The molecule has 0 aliphatic carbocycles. The summed E-state index contributed by atoms with van der Waals surface area (Å²) in [5.41, 5.74) is 3.17. The average molecular weight is 280 g/mol. The Morgan fingerprint density at radius 1 is 1.26 bits per heavy atom. The molecule has 2 aromatic heterocycles. The highest BCUT2D eigenvalue weighted by atomic mass is 32.2. The second-order valence-corrected chi connectivity index (χ2v) is 6.72. The fourth-order valence-electron chi connectivity index (χ4n) is 1.80. The fourth-order valence-corrected chi connectivity index (χ4v) is 2.30. The molecule has 2 heterocycles. The molecule has 102 valence electrons. The van der Waals surface area contributed by atoms with Crippen molar-refractivity contribution < 1.29 is 8.42 Å². The molecule has 0 amide bonds. The highest BCUT2D eigenvalue weighted by Gasteiger charge is 2.18. The van der Waals surface area contributed by atoms with Gasteiger partial charge in [-0.25, -0.2) is 18.4 Å². The molecule has 0 spiro atoms. The molecule has 0 aromatic carbocycles. The Balaban J connectivity index is 2.65. The average Bonchev–Trinajstić information content (AvgIpc) is 2.76. The summed E-state index contributed by atoms with van der Waals surface area (Å²) in [7, 11) is -3.42. The van der Waals surface area contributed by atoms with E-state index in [0.717, 1.165) is 23.1 Å². The van der Waals surface area contributed by atoms with E-state index in [2.05, 4.69) is 20.2 Å². The van der Waals surface area contributed by atoms with Crippen LogP contribution in [0.5, 0.6) is 0 Å². The zero-order valence-electron chi connectivity index (χ0n) is 11.3. The third-order valence-corrected chi connectivity index (χ3v) is 3.64. The van der Waals surface area contributed by atoms with E-state index in [-0.39, 0.29) is 11.1 Å². The van der Waals surface area contributed by atoms with Crippen LogP contribution in [-0.4, -0.2) is 34.8 Å². The summed E-state index contributed by atoms with van der Waals surface area (Å²) in [5, 5.41) is 6.78. The number of aryl methyl sites for hydroxylation is 1. The quantitative estimate of drug-likeness (QED) is 0.864. The van der Waals surface area contributed by atoms with E-state index < -0.39 is 9.84 Å². The second-order valence-electron chi connectivity index (χ2n) is 4.81. The molecule has 0 bridgehead atoms. The van der Waals surface area contributed by atoms with Crippen LogP contribution in [0.2, 0.25) is 0 Å². The maximum Gasteiger partial charge on any atom is 0.247 e. The van der Waals surface area contributed by atoms with E-state index in [4.69, 9.17) is 0 Å². The summed E-state index contributed by atoms with van der Waals surface area (Å²) in [4.78, 5) is 8.03. The maximum atomic E-state index is 11.5. The normalized spacial score (nSPS) is 12.1. The molecule has 0 saturated heterocycles. The second kappa shape index (κ2) is 4.73. The summed E-state index contributed by atoms with van der Waals surface area (Å²) < 4.78 is 23.1. The molecule has 0 unspecified atom stereocenters. The van der Waals surface area contributed by atoms with Gasteiger partial charge in [-0.15, -0.1) is 0 Å². The molecule has 2 rings (SSSR count). The van der Waals surface area contributed by atoms with Gasteiger partial charge in [-0.05, 0) is 18.4 Å². The molecule has 0 atom stereocenters. The topological polar surface area (TPSA) is 88.6 Å². The Kier molecular flexibility index (Phi) is 3.40. The van der Waals surface area contributed by atoms with Gasteiger partial charge in [0.05, 0.1) is 11.9 Å². The minimum Gasteiger partial charge on any atom is -0.282 e. The van der Waals surface area contributed by atoms with Crippen LogP contribution in [0.1, 0.15) is 31.0 Å². The van der Waals surface area contributed by atoms with Crippen molar-refractivity contribution >= 4 is 9.84 Å². The number of H-pyrrole nitrogens is 1. The van der Waals surface area contributed by atoms with Crippen molar-refractivity contribution in [1.29, 1.82) is 0 Å². The number of nitrogens with zero attached hydrogens (tertiary/aromatic N) is 3. The zero-order chi connectivity index (χ0) is 14.2. The summed E-state index contributed by atoms with van der Waals surface area (Å²) in [6.45, 7) is 5.91. The van der Waals surface area contributed by atoms with Gasteiger partial charge in [-0.1, -0.05) is 13.8 Å². The molecule has 2 aromatic rings. The van der Waals surface area contributed by atoms with Gasteiger partial charge in [-0.2, -0.15) is 5.10 Å². The number of aromatic amines is 1. The molecular weight excluding hydrogens is 264 g/mol. The van der Waals surface area contributed by atoms with Crippen LogP contribution in [0.4, 0.5) is 0 Å². The van der Waals surface area contributed by atoms with Crippen molar-refractivity contribution in [2.24, 2.45) is 0 Å². The first-order valence-corrected chi connectivity index (χ1v) is 7.77. The predicted molar refractivity (Wildman–Crippen MR) is 71.5 cm³/mol. The molecule has 0 aliphatic rings. The lowest BCUT2D eigenvalue weighted by Gasteiger charge is -2.08. The zero-order valence-corrected chi connectivity index (χ0v) is 12.1. The molecule has 0 radical (unpaired) electrons. The van der Waals surface area contributed by atoms with Crippen molar-refractivity contribution in [3.8, 4) is 11.3 Å². The Morgan fingerprint density at radius 2 is 1.95 bits per heavy atom. The van der Waals surface area contributed by atoms with E-state index in [0.29, 0.717) is 5.69 Å².